The van der Waals surface area contributed by atoms with E-state index >= 15 is 0 Å². The average Bonchev–Trinajstić information content (AvgIpc) is 3.44. The fraction of sp³-hybridized carbons (Fsp3) is 0.333. The van der Waals surface area contributed by atoms with Crippen molar-refractivity contribution in [3.8, 4) is 5.75 Å². The van der Waals surface area contributed by atoms with E-state index < -0.39 is 5.41 Å². The Balaban J connectivity index is 1.69. The van der Waals surface area contributed by atoms with Crippen LogP contribution in [0.2, 0.25) is 5.02 Å². The van der Waals surface area contributed by atoms with Crippen molar-refractivity contribution in [1.29, 1.82) is 0 Å². The Kier molecular flexibility index (Phi) is 5.42. The molecule has 3 rings (SSSR count). The van der Waals surface area contributed by atoms with E-state index in [4.69, 9.17) is 16.3 Å². The second-order valence-electron chi connectivity index (χ2n) is 6.97. The predicted molar refractivity (Wildman–Crippen MR) is 106 cm³/mol. The highest BCUT2D eigenvalue weighted by molar-refractivity contribution is 6.34. The Hall–Kier alpha value is -2.53. The van der Waals surface area contributed by atoms with Crippen molar-refractivity contribution in [2.75, 3.05) is 12.4 Å². The number of amides is 2. The molecule has 0 radical (unpaired) electrons. The Morgan fingerprint density at radius 3 is 2.48 bits per heavy atom. The molecule has 6 heteroatoms. The van der Waals surface area contributed by atoms with Gasteiger partial charge in [0, 0.05) is 12.1 Å². The van der Waals surface area contributed by atoms with Gasteiger partial charge in [-0.15, -0.1) is 0 Å². The molecule has 2 aromatic carbocycles. The number of benzene rings is 2. The maximum absolute atomic E-state index is 12.8. The van der Waals surface area contributed by atoms with Crippen LogP contribution in [0.15, 0.2) is 36.4 Å². The Labute approximate surface area is 164 Å². The van der Waals surface area contributed by atoms with Gasteiger partial charge in [-0.3, -0.25) is 9.59 Å². The molecule has 1 saturated carbocycles. The SMILES string of the molecule is COc1ccccc1CNC(=O)C1(C(=O)Nc2c(C)cc(C)cc2Cl)CC1. The first-order valence-corrected chi connectivity index (χ1v) is 9.23. The fourth-order valence-electron chi connectivity index (χ4n) is 3.18. The van der Waals surface area contributed by atoms with Gasteiger partial charge in [-0.2, -0.15) is 0 Å². The van der Waals surface area contributed by atoms with Crippen molar-refractivity contribution in [1.82, 2.24) is 5.32 Å². The third-order valence-electron chi connectivity index (χ3n) is 4.92. The van der Waals surface area contributed by atoms with E-state index in [0.29, 0.717) is 35.8 Å². The van der Waals surface area contributed by atoms with Crippen LogP contribution in [0.4, 0.5) is 5.69 Å². The highest BCUT2D eigenvalue weighted by atomic mass is 35.5. The number of carbonyl (C=O) groups is 2. The van der Waals surface area contributed by atoms with Crippen LogP contribution in [0.1, 0.15) is 29.5 Å². The Morgan fingerprint density at radius 2 is 1.85 bits per heavy atom. The predicted octanol–water partition coefficient (Wildman–Crippen LogP) is 4.00. The molecule has 0 spiro atoms. The van der Waals surface area contributed by atoms with E-state index in [1.54, 1.807) is 13.2 Å². The lowest BCUT2D eigenvalue weighted by Gasteiger charge is -2.18. The summed E-state index contributed by atoms with van der Waals surface area (Å²) >= 11 is 6.27. The van der Waals surface area contributed by atoms with E-state index in [2.05, 4.69) is 10.6 Å². The molecule has 1 fully saturated rings. The molecule has 2 amide bonds. The summed E-state index contributed by atoms with van der Waals surface area (Å²) in [7, 11) is 1.59. The molecule has 2 aromatic rings. The molecule has 0 atom stereocenters. The van der Waals surface area contributed by atoms with Crippen molar-refractivity contribution < 1.29 is 14.3 Å². The molecule has 142 valence electrons. The minimum Gasteiger partial charge on any atom is -0.496 e. The number of rotatable bonds is 6. The first-order chi connectivity index (χ1) is 12.9. The van der Waals surface area contributed by atoms with Crippen molar-refractivity contribution in [2.24, 2.45) is 5.41 Å². The van der Waals surface area contributed by atoms with Crippen molar-refractivity contribution in [2.45, 2.75) is 33.2 Å². The standard InChI is InChI=1S/C21H23ClN2O3/c1-13-10-14(2)18(16(22)11-13)24-20(26)21(8-9-21)19(25)23-12-15-6-4-5-7-17(15)27-3/h4-7,10-11H,8-9,12H2,1-3H3,(H,23,25)(H,24,26). The zero-order valence-electron chi connectivity index (χ0n) is 15.7. The summed E-state index contributed by atoms with van der Waals surface area (Å²) in [5.41, 5.74) is 2.30. The second kappa shape index (κ2) is 7.61. The summed E-state index contributed by atoms with van der Waals surface area (Å²) in [4.78, 5) is 25.5. The second-order valence-corrected chi connectivity index (χ2v) is 7.38. The van der Waals surface area contributed by atoms with Gasteiger partial charge in [-0.1, -0.05) is 35.9 Å². The monoisotopic (exact) mass is 386 g/mol. The third-order valence-corrected chi connectivity index (χ3v) is 5.22. The van der Waals surface area contributed by atoms with Gasteiger partial charge in [-0.05, 0) is 49.9 Å². The molecule has 0 aliphatic heterocycles. The first kappa shape index (κ1) is 19.2. The molecule has 2 N–H and O–H groups in total. The van der Waals surface area contributed by atoms with Crippen LogP contribution in [-0.2, 0) is 16.1 Å². The molecular formula is C21H23ClN2O3. The lowest BCUT2D eigenvalue weighted by Crippen LogP contribution is -2.39. The number of halogens is 1. The van der Waals surface area contributed by atoms with Crippen LogP contribution in [0.25, 0.3) is 0 Å². The largest absolute Gasteiger partial charge is 0.496 e. The van der Waals surface area contributed by atoms with Crippen LogP contribution >= 0.6 is 11.6 Å². The van der Waals surface area contributed by atoms with Crippen molar-refractivity contribution in [3.63, 3.8) is 0 Å². The number of hydrogen-bond donors (Lipinski definition) is 2. The van der Waals surface area contributed by atoms with Gasteiger partial charge in [0.2, 0.25) is 11.8 Å². The minimum absolute atomic E-state index is 0.271. The minimum atomic E-state index is -1.03. The molecule has 1 aliphatic carbocycles. The van der Waals surface area contributed by atoms with Gasteiger partial charge >= 0.3 is 0 Å². The van der Waals surface area contributed by atoms with Gasteiger partial charge in [-0.25, -0.2) is 0 Å². The molecule has 1 aliphatic rings. The number of aryl methyl sites for hydroxylation is 2. The van der Waals surface area contributed by atoms with Crippen molar-refractivity contribution >= 4 is 29.1 Å². The molecule has 0 aromatic heterocycles. The average molecular weight is 387 g/mol. The van der Waals surface area contributed by atoms with E-state index in [-0.39, 0.29) is 11.8 Å². The lowest BCUT2D eigenvalue weighted by molar-refractivity contribution is -0.134. The maximum atomic E-state index is 12.8. The van der Waals surface area contributed by atoms with E-state index in [0.717, 1.165) is 16.7 Å². The molecule has 0 unspecified atom stereocenters. The number of para-hydroxylation sites is 1. The van der Waals surface area contributed by atoms with Crippen LogP contribution in [0.3, 0.4) is 0 Å². The van der Waals surface area contributed by atoms with Crippen LogP contribution in [-0.4, -0.2) is 18.9 Å². The molecule has 0 bridgehead atoms. The Bertz CT molecular complexity index is 868. The number of hydrogen-bond acceptors (Lipinski definition) is 3. The zero-order chi connectivity index (χ0) is 19.6. The summed E-state index contributed by atoms with van der Waals surface area (Å²) in [5.74, 6) is 0.120. The van der Waals surface area contributed by atoms with E-state index in [9.17, 15) is 9.59 Å². The van der Waals surface area contributed by atoms with Gasteiger partial charge in [0.05, 0.1) is 17.8 Å². The van der Waals surface area contributed by atoms with Crippen LogP contribution < -0.4 is 15.4 Å². The summed E-state index contributed by atoms with van der Waals surface area (Å²) in [6.07, 6.45) is 1.05. The molecule has 0 heterocycles. The highest BCUT2D eigenvalue weighted by Crippen LogP contribution is 2.47. The number of ether oxygens (including phenoxy) is 1. The molecule has 0 saturated heterocycles. The normalized spacial score (nSPS) is 14.4. The molecular weight excluding hydrogens is 364 g/mol. The van der Waals surface area contributed by atoms with Gasteiger partial charge in [0.15, 0.2) is 0 Å². The van der Waals surface area contributed by atoms with Gasteiger partial charge in [0.1, 0.15) is 11.2 Å². The quantitative estimate of drug-likeness (QED) is 0.737. The highest BCUT2D eigenvalue weighted by Gasteiger charge is 2.56. The topological polar surface area (TPSA) is 67.4 Å². The van der Waals surface area contributed by atoms with Gasteiger partial charge < -0.3 is 15.4 Å². The van der Waals surface area contributed by atoms with E-state index in [1.165, 1.54) is 0 Å². The smallest absolute Gasteiger partial charge is 0.240 e. The van der Waals surface area contributed by atoms with Crippen LogP contribution in [0, 0.1) is 19.3 Å². The number of methoxy groups -OCH3 is 1. The zero-order valence-corrected chi connectivity index (χ0v) is 16.4. The number of carbonyl (C=O) groups excluding carboxylic acids is 2. The summed E-state index contributed by atoms with van der Waals surface area (Å²) < 4.78 is 5.30. The van der Waals surface area contributed by atoms with Crippen LogP contribution in [0.5, 0.6) is 5.75 Å². The number of nitrogens with one attached hydrogen (secondary N) is 2. The molecule has 27 heavy (non-hydrogen) atoms. The summed E-state index contributed by atoms with van der Waals surface area (Å²) in [6, 6.07) is 11.2. The number of anilines is 1. The van der Waals surface area contributed by atoms with Crippen molar-refractivity contribution in [3.05, 3.63) is 58.1 Å². The Morgan fingerprint density at radius 1 is 1.15 bits per heavy atom. The first-order valence-electron chi connectivity index (χ1n) is 8.86. The summed E-state index contributed by atoms with van der Waals surface area (Å²) in [6.45, 7) is 4.14. The molecule has 5 nitrogen and oxygen atoms in total. The lowest BCUT2D eigenvalue weighted by atomic mass is 10.0. The van der Waals surface area contributed by atoms with E-state index in [1.807, 2.05) is 44.2 Å². The third kappa shape index (κ3) is 3.93. The fourth-order valence-corrected chi connectivity index (χ4v) is 3.55. The maximum Gasteiger partial charge on any atom is 0.240 e. The van der Waals surface area contributed by atoms with Gasteiger partial charge in [0.25, 0.3) is 0 Å². The summed E-state index contributed by atoms with van der Waals surface area (Å²) in [5, 5.41) is 6.20.